The number of carboxylic acid groups (broad SMARTS) is 1. The first-order valence-corrected chi connectivity index (χ1v) is 9.06. The average molecular weight is 430 g/mol. The predicted octanol–water partition coefficient (Wildman–Crippen LogP) is 3.87. The van der Waals surface area contributed by atoms with Crippen LogP contribution in [0.3, 0.4) is 0 Å². The lowest BCUT2D eigenvalue weighted by Gasteiger charge is -2.18. The molecule has 1 unspecified atom stereocenters. The quantitative estimate of drug-likeness (QED) is 0.414. The molecule has 0 fully saturated rings. The maximum Gasteiger partial charge on any atom is 0.327 e. The minimum atomic E-state index is -1.07. The minimum Gasteiger partial charge on any atom is -0.489 e. The monoisotopic (exact) mass is 429 g/mol. The molecule has 2 aromatic carbocycles. The second-order valence-corrected chi connectivity index (χ2v) is 6.45. The van der Waals surface area contributed by atoms with Gasteiger partial charge in [0.25, 0.3) is 0 Å². The Kier molecular flexibility index (Phi) is 8.82. The maximum absolute atomic E-state index is 11.5. The Morgan fingerprint density at radius 3 is 2.39 bits per heavy atom. The van der Waals surface area contributed by atoms with Gasteiger partial charge in [0.05, 0.1) is 23.8 Å². The van der Waals surface area contributed by atoms with Gasteiger partial charge in [0.15, 0.2) is 11.8 Å². The van der Waals surface area contributed by atoms with Crippen LogP contribution in [0, 0.1) is 0 Å². The summed E-state index contributed by atoms with van der Waals surface area (Å²) in [6.45, 7) is 0.830. The summed E-state index contributed by atoms with van der Waals surface area (Å²) < 4.78 is 16.2. The van der Waals surface area contributed by atoms with Gasteiger partial charge in [-0.2, -0.15) is 5.48 Å². The van der Waals surface area contributed by atoms with Crippen LogP contribution in [0.5, 0.6) is 11.5 Å². The number of benzene rings is 2. The van der Waals surface area contributed by atoms with Crippen LogP contribution in [0.4, 0.5) is 0 Å². The molecule has 0 radical (unpaired) electrons. The highest BCUT2D eigenvalue weighted by Crippen LogP contribution is 2.37. The number of ether oxygens (including phenoxy) is 3. The van der Waals surface area contributed by atoms with E-state index < -0.39 is 12.0 Å². The summed E-state index contributed by atoms with van der Waals surface area (Å²) >= 11 is 12.5. The molecule has 0 aliphatic carbocycles. The van der Waals surface area contributed by atoms with E-state index in [1.165, 1.54) is 7.11 Å². The number of halogens is 2. The van der Waals surface area contributed by atoms with Crippen molar-refractivity contribution in [1.29, 1.82) is 0 Å². The van der Waals surface area contributed by atoms with Gasteiger partial charge >= 0.3 is 5.97 Å². The summed E-state index contributed by atoms with van der Waals surface area (Å²) in [5.74, 6) is -0.295. The van der Waals surface area contributed by atoms with Crippen LogP contribution in [-0.4, -0.2) is 38.5 Å². The van der Waals surface area contributed by atoms with Crippen molar-refractivity contribution in [3.8, 4) is 11.5 Å². The Morgan fingerprint density at radius 1 is 1.11 bits per heavy atom. The van der Waals surface area contributed by atoms with Gasteiger partial charge in [-0.1, -0.05) is 47.5 Å². The normalized spacial score (nSPS) is 11.9. The lowest BCUT2D eigenvalue weighted by Crippen LogP contribution is -2.28. The van der Waals surface area contributed by atoms with Crippen LogP contribution in [-0.2, 0) is 21.0 Å². The van der Waals surface area contributed by atoms with E-state index in [1.807, 2.05) is 0 Å². The van der Waals surface area contributed by atoms with E-state index in [2.05, 4.69) is 5.48 Å². The van der Waals surface area contributed by atoms with E-state index in [0.29, 0.717) is 45.9 Å². The van der Waals surface area contributed by atoms with E-state index in [1.54, 1.807) is 43.5 Å². The molecule has 0 amide bonds. The third kappa shape index (κ3) is 5.98. The van der Waals surface area contributed by atoms with E-state index in [0.717, 1.165) is 0 Å². The highest BCUT2D eigenvalue weighted by Gasteiger charge is 2.22. The molecule has 0 spiro atoms. The zero-order valence-corrected chi connectivity index (χ0v) is 16.9. The summed E-state index contributed by atoms with van der Waals surface area (Å²) in [5.41, 5.74) is 3.66. The van der Waals surface area contributed by atoms with Crippen molar-refractivity contribution in [2.75, 3.05) is 27.4 Å². The van der Waals surface area contributed by atoms with Crippen molar-refractivity contribution >= 4 is 29.2 Å². The molecule has 2 N–H and O–H groups in total. The Morgan fingerprint density at radius 2 is 1.79 bits per heavy atom. The van der Waals surface area contributed by atoms with Crippen molar-refractivity contribution in [2.45, 2.75) is 12.6 Å². The summed E-state index contributed by atoms with van der Waals surface area (Å²) in [6.07, 6.45) is 0. The van der Waals surface area contributed by atoms with Crippen LogP contribution in [0.25, 0.3) is 0 Å². The van der Waals surface area contributed by atoms with Gasteiger partial charge in [0.1, 0.15) is 19.0 Å². The van der Waals surface area contributed by atoms with Crippen LogP contribution in [0.2, 0.25) is 10.0 Å². The van der Waals surface area contributed by atoms with E-state index >= 15 is 0 Å². The van der Waals surface area contributed by atoms with E-state index in [4.69, 9.17) is 42.3 Å². The molecule has 0 heterocycles. The number of hydroxylamine groups is 1. The number of hydrogen-bond acceptors (Lipinski definition) is 6. The molecule has 0 aromatic heterocycles. The topological polar surface area (TPSA) is 86.3 Å². The molecule has 2 rings (SSSR count). The Labute approximate surface area is 173 Å². The molecule has 0 saturated carbocycles. The number of methoxy groups -OCH3 is 1. The Hall–Kier alpha value is -2.03. The zero-order valence-electron chi connectivity index (χ0n) is 15.4. The van der Waals surface area contributed by atoms with Gasteiger partial charge < -0.3 is 24.2 Å². The molecule has 28 heavy (non-hydrogen) atoms. The second-order valence-electron chi connectivity index (χ2n) is 5.64. The van der Waals surface area contributed by atoms with Crippen molar-refractivity contribution in [3.05, 3.63) is 57.6 Å². The van der Waals surface area contributed by atoms with Crippen molar-refractivity contribution in [2.24, 2.45) is 0 Å². The first-order chi connectivity index (χ1) is 13.5. The lowest BCUT2D eigenvalue weighted by atomic mass is 10.0. The van der Waals surface area contributed by atoms with Crippen molar-refractivity contribution < 1.29 is 28.9 Å². The minimum absolute atomic E-state index is 0.113. The lowest BCUT2D eigenvalue weighted by molar-refractivity contribution is -0.143. The molecule has 0 aliphatic heterocycles. The molecule has 9 heteroatoms. The van der Waals surface area contributed by atoms with Gasteiger partial charge in [0.2, 0.25) is 0 Å². The third-order valence-corrected chi connectivity index (χ3v) is 4.31. The molecule has 152 valence electrons. The predicted molar refractivity (Wildman–Crippen MR) is 105 cm³/mol. The number of carboxylic acids is 1. The summed E-state index contributed by atoms with van der Waals surface area (Å²) in [5, 5.41) is 10.0. The fourth-order valence-corrected chi connectivity index (χ4v) is 3.03. The average Bonchev–Trinajstić information content (AvgIpc) is 2.67. The van der Waals surface area contributed by atoms with Gasteiger partial charge in [-0.15, -0.1) is 0 Å². The summed E-state index contributed by atoms with van der Waals surface area (Å²) in [4.78, 5) is 16.3. The molecule has 0 saturated heterocycles. The fourth-order valence-electron chi connectivity index (χ4n) is 2.46. The smallest absolute Gasteiger partial charge is 0.327 e. The molecule has 2 aromatic rings. The number of carbonyl (C=O) groups is 1. The van der Waals surface area contributed by atoms with E-state index in [-0.39, 0.29) is 6.61 Å². The van der Waals surface area contributed by atoms with Crippen LogP contribution in [0.15, 0.2) is 36.4 Å². The highest BCUT2D eigenvalue weighted by atomic mass is 35.5. The number of rotatable bonds is 11. The third-order valence-electron chi connectivity index (χ3n) is 3.75. The van der Waals surface area contributed by atoms with Gasteiger partial charge in [-0.05, 0) is 11.1 Å². The van der Waals surface area contributed by atoms with Gasteiger partial charge in [0, 0.05) is 19.2 Å². The first-order valence-electron chi connectivity index (χ1n) is 8.30. The maximum atomic E-state index is 11.5. The summed E-state index contributed by atoms with van der Waals surface area (Å²) in [6, 6.07) is 9.13. The molecular formula is C19H21Cl2NO6. The molecule has 0 bridgehead atoms. The number of nitrogens with one attached hydrogen (secondary N) is 1. The first kappa shape index (κ1) is 22.3. The van der Waals surface area contributed by atoms with E-state index in [9.17, 15) is 9.90 Å². The zero-order chi connectivity index (χ0) is 20.5. The Balaban J connectivity index is 2.15. The van der Waals surface area contributed by atoms with Crippen molar-refractivity contribution in [1.82, 2.24) is 5.48 Å². The highest BCUT2D eigenvalue weighted by molar-refractivity contribution is 6.37. The van der Waals surface area contributed by atoms with Gasteiger partial charge in [-0.25, -0.2) is 0 Å². The largest absolute Gasteiger partial charge is 0.489 e. The van der Waals surface area contributed by atoms with Crippen LogP contribution in [0.1, 0.15) is 17.2 Å². The Bertz CT molecular complexity index is 779. The fraction of sp³-hybridized carbons (Fsp3) is 0.316. The summed E-state index contributed by atoms with van der Waals surface area (Å²) in [7, 11) is 2.92. The molecule has 7 nitrogen and oxygen atoms in total. The standard InChI is InChI=1S/C19H21Cl2NO6/c1-25-7-8-27-18-15(20)9-13(10-16(18)21)28-11-12-5-3-4-6-14(12)17(19(23)24)22-26-2/h3-6,9-10,17,22H,7-8,11H2,1-2H3,(H,23,24). The van der Waals surface area contributed by atoms with Crippen LogP contribution < -0.4 is 15.0 Å². The molecule has 1 atom stereocenters. The SMILES string of the molecule is COCCOc1c(Cl)cc(OCc2ccccc2C(NOC)C(=O)O)cc1Cl. The van der Waals surface area contributed by atoms with Gasteiger partial charge in [-0.3, -0.25) is 4.79 Å². The molecule has 0 aliphatic rings. The molecular weight excluding hydrogens is 409 g/mol. The van der Waals surface area contributed by atoms with Crippen molar-refractivity contribution in [3.63, 3.8) is 0 Å². The van der Waals surface area contributed by atoms with Crippen LogP contribution >= 0.6 is 23.2 Å². The number of hydrogen-bond donors (Lipinski definition) is 2. The second kappa shape index (κ2) is 11.1. The number of aliphatic carboxylic acids is 1.